The van der Waals surface area contributed by atoms with Crippen molar-refractivity contribution < 1.29 is 4.79 Å². The van der Waals surface area contributed by atoms with E-state index in [1.807, 2.05) is 35.7 Å². The standard InChI is InChI=1S/C14H12ClN5OS2/c15-10-5-2-1-4-9(10)13-18-19-14(20(13)16)23-8-11(21)17-12-6-3-7-22-12/h1-7H,8,16H2,(H,17,21). The molecule has 0 radical (unpaired) electrons. The Morgan fingerprint density at radius 2 is 2.13 bits per heavy atom. The maximum Gasteiger partial charge on any atom is 0.235 e. The third kappa shape index (κ3) is 3.66. The number of amides is 1. The van der Waals surface area contributed by atoms with Gasteiger partial charge in [0.25, 0.3) is 0 Å². The Morgan fingerprint density at radius 3 is 2.87 bits per heavy atom. The van der Waals surface area contributed by atoms with Crippen molar-refractivity contribution in [3.05, 3.63) is 46.8 Å². The number of nitrogens with zero attached hydrogens (tertiary/aromatic N) is 3. The minimum atomic E-state index is -0.125. The number of thioether (sulfide) groups is 1. The van der Waals surface area contributed by atoms with Crippen LogP contribution in [-0.2, 0) is 4.79 Å². The second-order valence-corrected chi connectivity index (χ2v) is 6.77. The van der Waals surface area contributed by atoms with Crippen LogP contribution in [0.15, 0.2) is 46.9 Å². The number of nitrogens with one attached hydrogen (secondary N) is 1. The van der Waals surface area contributed by atoms with Gasteiger partial charge in [-0.2, -0.15) is 0 Å². The number of hydrogen-bond donors (Lipinski definition) is 2. The number of anilines is 1. The smallest absolute Gasteiger partial charge is 0.235 e. The highest BCUT2D eigenvalue weighted by molar-refractivity contribution is 7.99. The zero-order valence-electron chi connectivity index (χ0n) is 11.8. The third-order valence-corrected chi connectivity index (χ3v) is 4.95. The van der Waals surface area contributed by atoms with Crippen molar-refractivity contribution in [3.8, 4) is 11.4 Å². The third-order valence-electron chi connectivity index (χ3n) is 2.90. The highest BCUT2D eigenvalue weighted by Gasteiger charge is 2.15. The van der Waals surface area contributed by atoms with Crippen molar-refractivity contribution in [2.45, 2.75) is 5.16 Å². The lowest BCUT2D eigenvalue weighted by molar-refractivity contribution is -0.113. The highest BCUT2D eigenvalue weighted by atomic mass is 35.5. The molecule has 0 spiro atoms. The van der Waals surface area contributed by atoms with Gasteiger partial charge in [0.2, 0.25) is 11.1 Å². The summed E-state index contributed by atoms with van der Waals surface area (Å²) in [5, 5.41) is 14.6. The van der Waals surface area contributed by atoms with E-state index in [2.05, 4.69) is 15.5 Å². The molecule has 0 aliphatic heterocycles. The fourth-order valence-corrected chi connectivity index (χ4v) is 3.37. The summed E-state index contributed by atoms with van der Waals surface area (Å²) in [7, 11) is 0. The molecule has 0 saturated heterocycles. The predicted octanol–water partition coefficient (Wildman–Crippen LogP) is 3.10. The second-order valence-electron chi connectivity index (χ2n) is 4.47. The Morgan fingerprint density at radius 1 is 1.30 bits per heavy atom. The Balaban J connectivity index is 1.68. The van der Waals surface area contributed by atoms with Gasteiger partial charge in [0.15, 0.2) is 5.82 Å². The summed E-state index contributed by atoms with van der Waals surface area (Å²) in [4.78, 5) is 11.9. The van der Waals surface area contributed by atoms with Crippen LogP contribution in [0.2, 0.25) is 5.02 Å². The first-order valence-electron chi connectivity index (χ1n) is 6.56. The predicted molar refractivity (Wildman–Crippen MR) is 94.3 cm³/mol. The SMILES string of the molecule is Nn1c(SCC(=O)Nc2cccs2)nnc1-c1ccccc1Cl. The summed E-state index contributed by atoms with van der Waals surface area (Å²) in [6, 6.07) is 11.0. The van der Waals surface area contributed by atoms with Crippen LogP contribution in [0, 0.1) is 0 Å². The molecule has 0 bridgehead atoms. The van der Waals surface area contributed by atoms with Gasteiger partial charge in [-0.05, 0) is 29.6 Å². The van der Waals surface area contributed by atoms with E-state index in [-0.39, 0.29) is 11.7 Å². The summed E-state index contributed by atoms with van der Waals surface area (Å²) in [5.74, 6) is 6.53. The van der Waals surface area contributed by atoms with Gasteiger partial charge in [-0.25, -0.2) is 4.68 Å². The van der Waals surface area contributed by atoms with Gasteiger partial charge in [-0.3, -0.25) is 4.79 Å². The lowest BCUT2D eigenvalue weighted by atomic mass is 10.2. The Hall–Kier alpha value is -2.03. The van der Waals surface area contributed by atoms with E-state index in [1.54, 1.807) is 6.07 Å². The van der Waals surface area contributed by atoms with E-state index in [9.17, 15) is 4.79 Å². The van der Waals surface area contributed by atoms with Crippen LogP contribution in [0.1, 0.15) is 0 Å². The van der Waals surface area contributed by atoms with Gasteiger partial charge in [-0.15, -0.1) is 21.5 Å². The van der Waals surface area contributed by atoms with Gasteiger partial charge in [0.05, 0.1) is 15.8 Å². The molecule has 2 aromatic heterocycles. The van der Waals surface area contributed by atoms with E-state index >= 15 is 0 Å². The number of rotatable bonds is 5. The minimum absolute atomic E-state index is 0.125. The van der Waals surface area contributed by atoms with Crippen LogP contribution in [0.3, 0.4) is 0 Å². The first-order chi connectivity index (χ1) is 11.1. The van der Waals surface area contributed by atoms with Gasteiger partial charge >= 0.3 is 0 Å². The van der Waals surface area contributed by atoms with Gasteiger partial charge in [0, 0.05) is 5.56 Å². The molecule has 118 valence electrons. The summed E-state index contributed by atoms with van der Waals surface area (Å²) in [6.07, 6.45) is 0. The number of carbonyl (C=O) groups excluding carboxylic acids is 1. The number of nitrogens with two attached hydrogens (primary N) is 1. The lowest BCUT2D eigenvalue weighted by Crippen LogP contribution is -2.16. The van der Waals surface area contributed by atoms with Crippen LogP contribution in [0.4, 0.5) is 5.00 Å². The van der Waals surface area contributed by atoms with Crippen LogP contribution < -0.4 is 11.2 Å². The summed E-state index contributed by atoms with van der Waals surface area (Å²) >= 11 is 8.82. The fourth-order valence-electron chi connectivity index (χ4n) is 1.85. The van der Waals surface area contributed by atoms with E-state index in [1.165, 1.54) is 27.8 Å². The minimum Gasteiger partial charge on any atom is -0.335 e. The normalized spacial score (nSPS) is 10.7. The maximum absolute atomic E-state index is 11.9. The Kier molecular flexibility index (Phi) is 4.85. The lowest BCUT2D eigenvalue weighted by Gasteiger charge is -2.05. The summed E-state index contributed by atoms with van der Waals surface area (Å²) < 4.78 is 1.34. The molecule has 0 aliphatic carbocycles. The number of aromatic nitrogens is 3. The van der Waals surface area contributed by atoms with Crippen LogP contribution in [0.25, 0.3) is 11.4 Å². The van der Waals surface area contributed by atoms with Gasteiger partial charge in [-0.1, -0.05) is 35.5 Å². The molecule has 9 heteroatoms. The molecule has 3 N–H and O–H groups in total. The number of hydrogen-bond acceptors (Lipinski definition) is 6. The quantitative estimate of drug-likeness (QED) is 0.536. The van der Waals surface area contributed by atoms with Crippen LogP contribution >= 0.6 is 34.7 Å². The summed E-state index contributed by atoms with van der Waals surface area (Å²) in [5.41, 5.74) is 0.694. The van der Waals surface area contributed by atoms with Crippen LogP contribution in [0.5, 0.6) is 0 Å². The Bertz CT molecular complexity index is 818. The Labute approximate surface area is 145 Å². The summed E-state index contributed by atoms with van der Waals surface area (Å²) in [6.45, 7) is 0. The number of carbonyl (C=O) groups is 1. The molecule has 0 fully saturated rings. The van der Waals surface area contributed by atoms with Crippen molar-refractivity contribution in [1.82, 2.24) is 14.9 Å². The van der Waals surface area contributed by atoms with Gasteiger partial charge in [0.1, 0.15) is 0 Å². The van der Waals surface area contributed by atoms with Gasteiger partial charge < -0.3 is 11.2 Å². The molecule has 2 heterocycles. The highest BCUT2D eigenvalue weighted by Crippen LogP contribution is 2.27. The molecule has 0 unspecified atom stereocenters. The van der Waals surface area contributed by atoms with Crippen molar-refractivity contribution in [1.29, 1.82) is 0 Å². The molecule has 0 saturated carbocycles. The molecule has 23 heavy (non-hydrogen) atoms. The molecular weight excluding hydrogens is 354 g/mol. The average Bonchev–Trinajstić information content (AvgIpc) is 3.16. The van der Waals surface area contributed by atoms with Crippen molar-refractivity contribution in [3.63, 3.8) is 0 Å². The van der Waals surface area contributed by atoms with E-state index < -0.39 is 0 Å². The van der Waals surface area contributed by atoms with E-state index in [0.29, 0.717) is 21.6 Å². The topological polar surface area (TPSA) is 85.8 Å². The number of halogens is 1. The zero-order valence-corrected chi connectivity index (χ0v) is 14.2. The molecule has 3 rings (SSSR count). The number of benzene rings is 1. The number of nitrogen functional groups attached to an aromatic ring is 1. The molecule has 6 nitrogen and oxygen atoms in total. The van der Waals surface area contributed by atoms with Crippen LogP contribution in [-0.4, -0.2) is 26.5 Å². The second kappa shape index (κ2) is 7.03. The van der Waals surface area contributed by atoms with E-state index in [4.69, 9.17) is 17.4 Å². The molecule has 1 aromatic carbocycles. The monoisotopic (exact) mass is 365 g/mol. The van der Waals surface area contributed by atoms with Crippen molar-refractivity contribution in [2.75, 3.05) is 16.9 Å². The molecule has 0 aliphatic rings. The molecule has 1 amide bonds. The zero-order chi connectivity index (χ0) is 16.2. The largest absolute Gasteiger partial charge is 0.335 e. The number of thiophene rings is 1. The molecule has 3 aromatic rings. The van der Waals surface area contributed by atoms with Crippen molar-refractivity contribution in [2.24, 2.45) is 0 Å². The fraction of sp³-hybridized carbons (Fsp3) is 0.0714. The maximum atomic E-state index is 11.9. The molecular formula is C14H12ClN5OS2. The first-order valence-corrected chi connectivity index (χ1v) is 8.81. The first kappa shape index (κ1) is 15.9. The molecule has 0 atom stereocenters. The van der Waals surface area contributed by atoms with Crippen molar-refractivity contribution >= 4 is 45.6 Å². The average molecular weight is 366 g/mol. The van der Waals surface area contributed by atoms with E-state index in [0.717, 1.165) is 5.00 Å².